The minimum Gasteiger partial charge on any atom is -0.464 e. The molecule has 7 heteroatoms. The number of ether oxygens (including phenoxy) is 1. The number of hydrogen-bond donors (Lipinski definition) is 1. The standard InChI is InChI=1S/C12H18F2N2O2S/c1-2-18-12(17)8-3-7-4-11(15)19-9(7)5-16(8)6-10(13)14/h5,7-8,10-11H,2-4,6,15H2,1H3. The van der Waals surface area contributed by atoms with E-state index in [2.05, 4.69) is 0 Å². The number of hydrogen-bond acceptors (Lipinski definition) is 5. The lowest BCUT2D eigenvalue weighted by molar-refractivity contribution is -0.150. The molecule has 3 unspecified atom stereocenters. The third-order valence-electron chi connectivity index (χ3n) is 3.32. The van der Waals surface area contributed by atoms with Crippen molar-refractivity contribution in [2.75, 3.05) is 13.2 Å². The van der Waals surface area contributed by atoms with Crippen LogP contribution in [0.15, 0.2) is 11.1 Å². The summed E-state index contributed by atoms with van der Waals surface area (Å²) < 4.78 is 30.2. The maximum absolute atomic E-state index is 12.6. The van der Waals surface area contributed by atoms with Crippen molar-refractivity contribution < 1.29 is 18.3 Å². The van der Waals surface area contributed by atoms with Crippen molar-refractivity contribution in [3.05, 3.63) is 11.1 Å². The van der Waals surface area contributed by atoms with Gasteiger partial charge in [0.2, 0.25) is 0 Å². The quantitative estimate of drug-likeness (QED) is 0.800. The molecular formula is C12H18F2N2O2S. The molecule has 0 aromatic carbocycles. The minimum atomic E-state index is -2.48. The highest BCUT2D eigenvalue weighted by Crippen LogP contribution is 2.45. The van der Waals surface area contributed by atoms with Gasteiger partial charge in [-0.3, -0.25) is 0 Å². The Labute approximate surface area is 115 Å². The first-order valence-corrected chi connectivity index (χ1v) is 7.23. The highest BCUT2D eigenvalue weighted by molar-refractivity contribution is 8.03. The van der Waals surface area contributed by atoms with Gasteiger partial charge in [0.25, 0.3) is 6.43 Å². The van der Waals surface area contributed by atoms with Crippen LogP contribution in [-0.4, -0.2) is 41.9 Å². The monoisotopic (exact) mass is 292 g/mol. The molecule has 0 saturated carbocycles. The van der Waals surface area contributed by atoms with Crippen LogP contribution in [0.5, 0.6) is 0 Å². The molecule has 0 spiro atoms. The number of nitrogens with zero attached hydrogens (tertiary/aromatic N) is 1. The molecule has 108 valence electrons. The van der Waals surface area contributed by atoms with Gasteiger partial charge < -0.3 is 15.4 Å². The fourth-order valence-electron chi connectivity index (χ4n) is 2.53. The van der Waals surface area contributed by atoms with Gasteiger partial charge in [-0.1, -0.05) is 0 Å². The van der Waals surface area contributed by atoms with E-state index in [1.54, 1.807) is 13.1 Å². The minimum absolute atomic E-state index is 0.00871. The topological polar surface area (TPSA) is 55.6 Å². The van der Waals surface area contributed by atoms with E-state index >= 15 is 0 Å². The van der Waals surface area contributed by atoms with Gasteiger partial charge in [-0.15, -0.1) is 11.8 Å². The van der Waals surface area contributed by atoms with Crippen LogP contribution in [0.1, 0.15) is 19.8 Å². The number of halogens is 2. The number of rotatable bonds is 4. The molecule has 1 fully saturated rings. The second-order valence-corrected chi connectivity index (χ2v) is 6.02. The summed E-state index contributed by atoms with van der Waals surface area (Å²) in [5.74, 6) is -0.229. The van der Waals surface area contributed by atoms with Gasteiger partial charge in [-0.25, -0.2) is 13.6 Å². The van der Waals surface area contributed by atoms with Crippen LogP contribution in [0, 0.1) is 5.92 Å². The summed E-state index contributed by atoms with van der Waals surface area (Å²) in [6.45, 7) is 1.52. The first-order valence-electron chi connectivity index (χ1n) is 6.35. The number of carbonyl (C=O) groups is 1. The van der Waals surface area contributed by atoms with Gasteiger partial charge in [-0.2, -0.15) is 0 Å². The number of nitrogens with two attached hydrogens (primary N) is 1. The van der Waals surface area contributed by atoms with Crippen LogP contribution in [0.2, 0.25) is 0 Å². The fraction of sp³-hybridized carbons (Fsp3) is 0.750. The molecule has 2 aliphatic heterocycles. The van der Waals surface area contributed by atoms with Crippen molar-refractivity contribution in [3.63, 3.8) is 0 Å². The molecular weight excluding hydrogens is 274 g/mol. The zero-order valence-corrected chi connectivity index (χ0v) is 11.5. The molecule has 0 bridgehead atoms. The van der Waals surface area contributed by atoms with E-state index in [0.29, 0.717) is 6.42 Å². The van der Waals surface area contributed by atoms with Crippen LogP contribution >= 0.6 is 11.8 Å². The van der Waals surface area contributed by atoms with Gasteiger partial charge in [0.15, 0.2) is 0 Å². The summed E-state index contributed by atoms with van der Waals surface area (Å²) in [6, 6.07) is -0.617. The highest BCUT2D eigenvalue weighted by Gasteiger charge is 2.39. The molecule has 2 aliphatic rings. The van der Waals surface area contributed by atoms with E-state index < -0.39 is 25.0 Å². The Morgan fingerprint density at radius 3 is 3.00 bits per heavy atom. The molecule has 0 aliphatic carbocycles. The molecule has 1 saturated heterocycles. The van der Waals surface area contributed by atoms with Crippen molar-refractivity contribution in [3.8, 4) is 0 Å². The third-order valence-corrected chi connectivity index (χ3v) is 4.52. The zero-order valence-electron chi connectivity index (χ0n) is 10.7. The van der Waals surface area contributed by atoms with Gasteiger partial charge in [0.05, 0.1) is 18.5 Å². The molecule has 3 atom stereocenters. The predicted octanol–water partition coefficient (Wildman–Crippen LogP) is 1.77. The molecule has 0 aromatic rings. The second kappa shape index (κ2) is 6.09. The maximum Gasteiger partial charge on any atom is 0.328 e. The van der Waals surface area contributed by atoms with E-state index in [1.807, 2.05) is 0 Å². The Morgan fingerprint density at radius 2 is 2.37 bits per heavy atom. The van der Waals surface area contributed by atoms with Crippen LogP contribution in [0.3, 0.4) is 0 Å². The molecule has 0 aromatic heterocycles. The number of thioether (sulfide) groups is 1. The average molecular weight is 292 g/mol. The summed E-state index contributed by atoms with van der Waals surface area (Å²) in [5, 5.41) is -0.00871. The molecule has 0 radical (unpaired) electrons. The van der Waals surface area contributed by atoms with Crippen molar-refractivity contribution in [1.29, 1.82) is 0 Å². The number of carbonyl (C=O) groups excluding carboxylic acids is 1. The highest BCUT2D eigenvalue weighted by atomic mass is 32.2. The number of alkyl halides is 2. The average Bonchev–Trinajstić information content (AvgIpc) is 2.66. The van der Waals surface area contributed by atoms with E-state index in [0.717, 1.165) is 11.3 Å². The number of esters is 1. The van der Waals surface area contributed by atoms with Gasteiger partial charge in [-0.05, 0) is 25.7 Å². The molecule has 2 N–H and O–H groups in total. The Kier molecular flexibility index (Phi) is 4.67. The predicted molar refractivity (Wildman–Crippen MR) is 69.5 cm³/mol. The summed E-state index contributed by atoms with van der Waals surface area (Å²) >= 11 is 1.51. The van der Waals surface area contributed by atoms with E-state index in [1.165, 1.54) is 16.7 Å². The van der Waals surface area contributed by atoms with Crippen molar-refractivity contribution in [2.24, 2.45) is 11.7 Å². The van der Waals surface area contributed by atoms with Crippen LogP contribution in [0.4, 0.5) is 8.78 Å². The van der Waals surface area contributed by atoms with Crippen LogP contribution < -0.4 is 5.73 Å². The van der Waals surface area contributed by atoms with Gasteiger partial charge >= 0.3 is 5.97 Å². The normalized spacial score (nSPS) is 30.3. The summed E-state index contributed by atoms with van der Waals surface area (Å²) in [7, 11) is 0. The molecule has 0 amide bonds. The SMILES string of the molecule is CCOC(=O)C1CC2CC(N)SC2=CN1CC(F)F. The summed E-state index contributed by atoms with van der Waals surface area (Å²) in [4.78, 5) is 14.3. The fourth-order valence-corrected chi connectivity index (χ4v) is 3.79. The largest absolute Gasteiger partial charge is 0.464 e. The zero-order chi connectivity index (χ0) is 14.0. The number of fused-ring (bicyclic) bond motifs is 1. The first kappa shape index (κ1) is 14.6. The maximum atomic E-state index is 12.6. The smallest absolute Gasteiger partial charge is 0.328 e. The van der Waals surface area contributed by atoms with E-state index in [-0.39, 0.29) is 17.9 Å². The van der Waals surface area contributed by atoms with Crippen molar-refractivity contribution >= 4 is 17.7 Å². The molecule has 4 nitrogen and oxygen atoms in total. The summed E-state index contributed by atoms with van der Waals surface area (Å²) in [5.41, 5.74) is 5.86. The lowest BCUT2D eigenvalue weighted by Crippen LogP contribution is -2.45. The van der Waals surface area contributed by atoms with E-state index in [4.69, 9.17) is 10.5 Å². The molecule has 19 heavy (non-hydrogen) atoms. The first-order chi connectivity index (χ1) is 9.01. The lowest BCUT2D eigenvalue weighted by atomic mass is 9.92. The van der Waals surface area contributed by atoms with E-state index in [9.17, 15) is 13.6 Å². The van der Waals surface area contributed by atoms with Crippen LogP contribution in [-0.2, 0) is 9.53 Å². The van der Waals surface area contributed by atoms with Crippen molar-refractivity contribution in [2.45, 2.75) is 37.6 Å². The van der Waals surface area contributed by atoms with Gasteiger partial charge in [0, 0.05) is 11.1 Å². The van der Waals surface area contributed by atoms with Crippen LogP contribution in [0.25, 0.3) is 0 Å². The number of allylic oxidation sites excluding steroid dienone is 1. The molecule has 2 heterocycles. The third kappa shape index (κ3) is 3.39. The Balaban J connectivity index is 2.15. The van der Waals surface area contributed by atoms with Crippen molar-refractivity contribution in [1.82, 2.24) is 4.90 Å². The second-order valence-electron chi connectivity index (χ2n) is 4.71. The summed E-state index contributed by atoms with van der Waals surface area (Å²) in [6.07, 6.45) is 0.484. The Bertz CT molecular complexity index is 379. The molecule has 2 rings (SSSR count). The Hall–Kier alpha value is -0.820. The lowest BCUT2D eigenvalue weighted by Gasteiger charge is -2.35. The van der Waals surface area contributed by atoms with Gasteiger partial charge in [0.1, 0.15) is 6.04 Å². The Morgan fingerprint density at radius 1 is 1.63 bits per heavy atom.